The summed E-state index contributed by atoms with van der Waals surface area (Å²) >= 11 is 0. The second-order valence-corrected chi connectivity index (χ2v) is 11.1. The van der Waals surface area contributed by atoms with Crippen LogP contribution in [0.3, 0.4) is 0 Å². The van der Waals surface area contributed by atoms with E-state index < -0.39 is 0 Å². The molecule has 196 valence electrons. The molecule has 0 spiro atoms. The van der Waals surface area contributed by atoms with Crippen molar-refractivity contribution in [1.82, 2.24) is 4.57 Å². The van der Waals surface area contributed by atoms with Crippen LogP contribution in [-0.2, 0) is 6.42 Å². The molecule has 0 radical (unpaired) electrons. The molecule has 42 heavy (non-hydrogen) atoms. The second-order valence-electron chi connectivity index (χ2n) is 11.1. The SMILES string of the molecule is c1ccc(C2=Nc3ccc4c5c6ccccc6c6ccccc6c5n(-c5ccc(-c6ccccc6)cc5)c4c3C2)cc1. The summed E-state index contributed by atoms with van der Waals surface area (Å²) in [6.45, 7) is 0. The molecule has 0 amide bonds. The Balaban J connectivity index is 1.40. The number of fused-ring (bicyclic) bond motifs is 10. The molecule has 1 aliphatic rings. The highest BCUT2D eigenvalue weighted by atomic mass is 15.0. The third-order valence-corrected chi connectivity index (χ3v) is 8.82. The minimum absolute atomic E-state index is 0.810. The lowest BCUT2D eigenvalue weighted by atomic mass is 9.96. The van der Waals surface area contributed by atoms with E-state index in [4.69, 9.17) is 4.99 Å². The van der Waals surface area contributed by atoms with Gasteiger partial charge in [-0.3, -0.25) is 4.99 Å². The molecule has 1 aliphatic heterocycles. The van der Waals surface area contributed by atoms with Gasteiger partial charge in [-0.05, 0) is 51.0 Å². The van der Waals surface area contributed by atoms with E-state index in [0.29, 0.717) is 0 Å². The molecule has 8 aromatic rings. The quantitative estimate of drug-likeness (QED) is 0.201. The van der Waals surface area contributed by atoms with Crippen LogP contribution in [0.4, 0.5) is 5.69 Å². The Morgan fingerprint density at radius 3 is 1.71 bits per heavy atom. The van der Waals surface area contributed by atoms with Crippen molar-refractivity contribution in [1.29, 1.82) is 0 Å². The minimum Gasteiger partial charge on any atom is -0.308 e. The Hall–Kier alpha value is -5.47. The lowest BCUT2D eigenvalue weighted by Gasteiger charge is -2.14. The van der Waals surface area contributed by atoms with E-state index in [2.05, 4.69) is 150 Å². The molecule has 2 nitrogen and oxygen atoms in total. The van der Waals surface area contributed by atoms with Crippen LogP contribution in [0.25, 0.3) is 60.2 Å². The van der Waals surface area contributed by atoms with E-state index in [1.54, 1.807) is 0 Å². The van der Waals surface area contributed by atoms with Crippen molar-refractivity contribution in [3.8, 4) is 16.8 Å². The maximum absolute atomic E-state index is 5.16. The average Bonchev–Trinajstić information content (AvgIpc) is 3.66. The molecule has 0 saturated heterocycles. The van der Waals surface area contributed by atoms with Crippen LogP contribution in [0, 0.1) is 0 Å². The molecule has 0 aliphatic carbocycles. The first kappa shape index (κ1) is 23.3. The zero-order valence-electron chi connectivity index (χ0n) is 23.0. The highest BCUT2D eigenvalue weighted by Crippen LogP contribution is 2.46. The summed E-state index contributed by atoms with van der Waals surface area (Å²) in [6, 6.07) is 52.5. The monoisotopic (exact) mass is 534 g/mol. The van der Waals surface area contributed by atoms with Crippen LogP contribution in [0.5, 0.6) is 0 Å². The van der Waals surface area contributed by atoms with Gasteiger partial charge in [-0.15, -0.1) is 0 Å². The van der Waals surface area contributed by atoms with Crippen molar-refractivity contribution < 1.29 is 0 Å². The Labute approximate surface area is 243 Å². The fourth-order valence-corrected chi connectivity index (χ4v) is 6.94. The van der Waals surface area contributed by atoms with Crippen molar-refractivity contribution in [3.63, 3.8) is 0 Å². The third-order valence-electron chi connectivity index (χ3n) is 8.82. The molecule has 0 unspecified atom stereocenters. The maximum Gasteiger partial charge on any atom is 0.0690 e. The number of hydrogen-bond acceptors (Lipinski definition) is 1. The molecule has 2 heteroatoms. The number of aliphatic imine (C=N–C) groups is 1. The molecule has 9 rings (SSSR count). The second kappa shape index (κ2) is 9.02. The standard InChI is InChI=1S/C40H26N2/c1-3-11-26(12-4-1)27-19-21-29(22-20-27)42-39-34(23-24-36-35(39)25-37(41-36)28-13-5-2-6-14-28)38-32-17-9-7-15-30(32)31-16-8-10-18-33(31)40(38)42/h1-24H,25H2. The molecule has 2 heterocycles. The van der Waals surface area contributed by atoms with Crippen LogP contribution < -0.4 is 0 Å². The first-order chi connectivity index (χ1) is 20.8. The van der Waals surface area contributed by atoms with Crippen LogP contribution in [0.1, 0.15) is 11.1 Å². The van der Waals surface area contributed by atoms with Gasteiger partial charge >= 0.3 is 0 Å². The topological polar surface area (TPSA) is 17.3 Å². The normalized spacial score (nSPS) is 12.8. The molecule has 0 saturated carbocycles. The Morgan fingerprint density at radius 2 is 1.00 bits per heavy atom. The molecule has 0 bridgehead atoms. The van der Waals surface area contributed by atoms with E-state index in [9.17, 15) is 0 Å². The van der Waals surface area contributed by atoms with Gasteiger partial charge in [0.2, 0.25) is 0 Å². The highest BCUT2D eigenvalue weighted by molar-refractivity contribution is 6.33. The molecule has 0 N–H and O–H groups in total. The smallest absolute Gasteiger partial charge is 0.0690 e. The number of hydrogen-bond donors (Lipinski definition) is 0. The summed E-state index contributed by atoms with van der Waals surface area (Å²) in [4.78, 5) is 5.16. The van der Waals surface area contributed by atoms with Crippen LogP contribution in [0.2, 0.25) is 0 Å². The first-order valence-electron chi connectivity index (χ1n) is 14.5. The number of rotatable bonds is 3. The Bertz CT molecular complexity index is 2340. The number of benzene rings is 7. The summed E-state index contributed by atoms with van der Waals surface area (Å²) in [7, 11) is 0. The van der Waals surface area contributed by atoms with Crippen LogP contribution in [-0.4, -0.2) is 10.3 Å². The van der Waals surface area contributed by atoms with E-state index in [-0.39, 0.29) is 0 Å². The van der Waals surface area contributed by atoms with Crippen LogP contribution in [0.15, 0.2) is 151 Å². The van der Waals surface area contributed by atoms with Gasteiger partial charge < -0.3 is 4.57 Å². The van der Waals surface area contributed by atoms with Gasteiger partial charge in [0.05, 0.1) is 22.4 Å². The molecular weight excluding hydrogens is 508 g/mol. The molecule has 0 atom stereocenters. The highest BCUT2D eigenvalue weighted by Gasteiger charge is 2.26. The molecule has 0 fully saturated rings. The lowest BCUT2D eigenvalue weighted by Crippen LogP contribution is -2.02. The van der Waals surface area contributed by atoms with E-state index in [1.807, 2.05) is 0 Å². The zero-order chi connectivity index (χ0) is 27.6. The van der Waals surface area contributed by atoms with Crippen molar-refractivity contribution in [2.45, 2.75) is 6.42 Å². The Morgan fingerprint density at radius 1 is 0.429 bits per heavy atom. The first-order valence-corrected chi connectivity index (χ1v) is 14.5. The van der Waals surface area contributed by atoms with Crippen LogP contribution >= 0.6 is 0 Å². The fourth-order valence-electron chi connectivity index (χ4n) is 6.94. The predicted octanol–water partition coefficient (Wildman–Crippen LogP) is 10.4. The Kier molecular flexibility index (Phi) is 4.99. The van der Waals surface area contributed by atoms with E-state index in [1.165, 1.54) is 65.6 Å². The summed E-state index contributed by atoms with van der Waals surface area (Å²) < 4.78 is 2.51. The van der Waals surface area contributed by atoms with Gasteiger partial charge in [-0.25, -0.2) is 0 Å². The zero-order valence-corrected chi connectivity index (χ0v) is 23.0. The van der Waals surface area contributed by atoms with Crippen molar-refractivity contribution >= 4 is 54.7 Å². The van der Waals surface area contributed by atoms with Gasteiger partial charge in [0.15, 0.2) is 0 Å². The van der Waals surface area contributed by atoms with E-state index >= 15 is 0 Å². The maximum atomic E-state index is 5.16. The summed E-state index contributed by atoms with van der Waals surface area (Å²) in [6.07, 6.45) is 0.810. The van der Waals surface area contributed by atoms with Gasteiger partial charge in [0.1, 0.15) is 0 Å². The summed E-state index contributed by atoms with van der Waals surface area (Å²) in [5, 5.41) is 7.72. The predicted molar refractivity (Wildman–Crippen MR) is 178 cm³/mol. The van der Waals surface area contributed by atoms with E-state index in [0.717, 1.165) is 23.5 Å². The summed E-state index contributed by atoms with van der Waals surface area (Å²) in [5.41, 5.74) is 10.8. The van der Waals surface area contributed by atoms with Crippen molar-refractivity contribution in [2.24, 2.45) is 4.99 Å². The number of aromatic nitrogens is 1. The van der Waals surface area contributed by atoms with Gasteiger partial charge in [0.25, 0.3) is 0 Å². The summed E-state index contributed by atoms with van der Waals surface area (Å²) in [5.74, 6) is 0. The molecular formula is C40H26N2. The van der Waals surface area contributed by atoms with Gasteiger partial charge in [0, 0.05) is 33.8 Å². The number of nitrogens with zero attached hydrogens (tertiary/aromatic N) is 2. The average molecular weight is 535 g/mol. The molecule has 7 aromatic carbocycles. The van der Waals surface area contributed by atoms with Crippen molar-refractivity contribution in [2.75, 3.05) is 0 Å². The molecule has 1 aromatic heterocycles. The fraction of sp³-hybridized carbons (Fsp3) is 0.0250. The lowest BCUT2D eigenvalue weighted by molar-refractivity contribution is 1.17. The van der Waals surface area contributed by atoms with Crippen molar-refractivity contribution in [3.05, 3.63) is 157 Å². The largest absolute Gasteiger partial charge is 0.308 e. The third kappa shape index (κ3) is 3.36. The van der Waals surface area contributed by atoms with Gasteiger partial charge in [-0.1, -0.05) is 127 Å². The minimum atomic E-state index is 0.810. The van der Waals surface area contributed by atoms with Gasteiger partial charge in [-0.2, -0.15) is 0 Å².